The number of fused-ring (bicyclic) bond motifs is 1. The van der Waals surface area contributed by atoms with Gasteiger partial charge in [0.25, 0.3) is 10.0 Å². The van der Waals surface area contributed by atoms with Gasteiger partial charge in [0.1, 0.15) is 0 Å². The van der Waals surface area contributed by atoms with Crippen molar-refractivity contribution in [3.63, 3.8) is 0 Å². The molecular formula is C20H24N2O3S. The molecule has 0 unspecified atom stereocenters. The number of amides is 1. The van der Waals surface area contributed by atoms with Gasteiger partial charge in [-0.05, 0) is 54.2 Å². The predicted molar refractivity (Wildman–Crippen MR) is 104 cm³/mol. The average Bonchev–Trinajstić information content (AvgIpc) is 2.60. The third-order valence-electron chi connectivity index (χ3n) is 4.69. The minimum atomic E-state index is -3.67. The van der Waals surface area contributed by atoms with Gasteiger partial charge in [-0.2, -0.15) is 0 Å². The first-order valence-electron chi connectivity index (χ1n) is 8.82. The van der Waals surface area contributed by atoms with E-state index in [-0.39, 0.29) is 10.8 Å². The maximum Gasteiger partial charge on any atom is 0.261 e. The molecule has 0 fully saturated rings. The van der Waals surface area contributed by atoms with Gasteiger partial charge in [0.05, 0.1) is 10.6 Å². The first kappa shape index (κ1) is 18.5. The van der Waals surface area contributed by atoms with Crippen LogP contribution in [-0.4, -0.2) is 20.9 Å². The topological polar surface area (TPSA) is 66.5 Å². The maximum atomic E-state index is 12.7. The number of aryl methyl sites for hydroxylation is 1. The summed E-state index contributed by atoms with van der Waals surface area (Å²) in [6.07, 6.45) is 1.81. The van der Waals surface area contributed by atoms with Crippen LogP contribution in [0.4, 0.5) is 11.4 Å². The molecule has 0 aromatic heterocycles. The van der Waals surface area contributed by atoms with Crippen LogP contribution < -0.4 is 9.62 Å². The molecule has 3 rings (SSSR count). The maximum absolute atomic E-state index is 12.7. The number of hydrogen-bond donors (Lipinski definition) is 1. The van der Waals surface area contributed by atoms with Gasteiger partial charge in [-0.25, -0.2) is 8.42 Å². The molecular weight excluding hydrogens is 348 g/mol. The van der Waals surface area contributed by atoms with Crippen molar-refractivity contribution in [3.8, 4) is 0 Å². The first-order chi connectivity index (χ1) is 12.3. The molecule has 1 aliphatic rings. The normalized spacial score (nSPS) is 14.2. The van der Waals surface area contributed by atoms with E-state index in [2.05, 4.69) is 18.6 Å². The Kier molecular flexibility index (Phi) is 5.05. The first-order valence-corrected chi connectivity index (χ1v) is 10.3. The Balaban J connectivity index is 1.88. The highest BCUT2D eigenvalue weighted by atomic mass is 32.2. The zero-order chi connectivity index (χ0) is 18.9. The molecule has 6 heteroatoms. The van der Waals surface area contributed by atoms with Crippen LogP contribution >= 0.6 is 0 Å². The highest BCUT2D eigenvalue weighted by molar-refractivity contribution is 7.92. The predicted octanol–water partition coefficient (Wildman–Crippen LogP) is 3.91. The molecule has 26 heavy (non-hydrogen) atoms. The van der Waals surface area contributed by atoms with Gasteiger partial charge in [0.2, 0.25) is 5.91 Å². The van der Waals surface area contributed by atoms with Crippen molar-refractivity contribution in [2.75, 3.05) is 16.2 Å². The smallest absolute Gasteiger partial charge is 0.261 e. The van der Waals surface area contributed by atoms with Crippen LogP contribution in [0.15, 0.2) is 47.4 Å². The number of nitrogens with zero attached hydrogens (tertiary/aromatic N) is 1. The van der Waals surface area contributed by atoms with E-state index < -0.39 is 10.0 Å². The second kappa shape index (κ2) is 7.11. The van der Waals surface area contributed by atoms with Crippen molar-refractivity contribution in [1.29, 1.82) is 0 Å². The summed E-state index contributed by atoms with van der Waals surface area (Å²) in [4.78, 5) is 13.8. The molecule has 138 valence electrons. The van der Waals surface area contributed by atoms with Crippen LogP contribution in [-0.2, 0) is 21.2 Å². The fourth-order valence-electron chi connectivity index (χ4n) is 3.21. The van der Waals surface area contributed by atoms with Gasteiger partial charge in [-0.1, -0.05) is 32.0 Å². The number of carbonyl (C=O) groups is 1. The molecule has 2 aromatic rings. The summed E-state index contributed by atoms with van der Waals surface area (Å²) in [7, 11) is -3.67. The second-order valence-corrected chi connectivity index (χ2v) is 8.63. The highest BCUT2D eigenvalue weighted by Crippen LogP contribution is 2.31. The number of hydrogen-bond acceptors (Lipinski definition) is 3. The summed E-state index contributed by atoms with van der Waals surface area (Å²) in [5.41, 5.74) is 3.41. The van der Waals surface area contributed by atoms with Gasteiger partial charge in [0, 0.05) is 19.2 Å². The van der Waals surface area contributed by atoms with E-state index in [4.69, 9.17) is 0 Å². The summed E-state index contributed by atoms with van der Waals surface area (Å²) in [5.74, 6) is 0.313. The molecule has 0 radical (unpaired) electrons. The standard InChI is InChI=1S/C20H24N2O3S/c1-14(2)16-7-10-19(11-8-16)26(24,25)21-18-9-6-17-5-4-12-22(15(3)23)20(17)13-18/h6-11,13-14,21H,4-5,12H2,1-3H3. The Morgan fingerprint density at radius 1 is 1.12 bits per heavy atom. The molecule has 0 aliphatic carbocycles. The van der Waals surface area contributed by atoms with E-state index in [1.165, 1.54) is 6.92 Å². The van der Waals surface area contributed by atoms with E-state index in [0.717, 1.165) is 29.7 Å². The Labute approximate surface area is 155 Å². The molecule has 0 bridgehead atoms. The van der Waals surface area contributed by atoms with Crippen LogP contribution in [0.3, 0.4) is 0 Å². The molecule has 0 saturated carbocycles. The Morgan fingerprint density at radius 3 is 2.42 bits per heavy atom. The highest BCUT2D eigenvalue weighted by Gasteiger charge is 2.21. The Bertz CT molecular complexity index is 919. The summed E-state index contributed by atoms with van der Waals surface area (Å²) < 4.78 is 28.0. The second-order valence-electron chi connectivity index (χ2n) is 6.95. The molecule has 2 aromatic carbocycles. The van der Waals surface area contributed by atoms with Crippen molar-refractivity contribution < 1.29 is 13.2 Å². The molecule has 1 amide bonds. The average molecular weight is 372 g/mol. The zero-order valence-corrected chi connectivity index (χ0v) is 16.1. The van der Waals surface area contributed by atoms with E-state index >= 15 is 0 Å². The molecule has 0 saturated heterocycles. The Morgan fingerprint density at radius 2 is 1.81 bits per heavy atom. The summed E-state index contributed by atoms with van der Waals surface area (Å²) in [5, 5.41) is 0. The molecule has 1 heterocycles. The lowest BCUT2D eigenvalue weighted by Crippen LogP contribution is -2.33. The number of rotatable bonds is 4. The molecule has 0 atom stereocenters. The zero-order valence-electron chi connectivity index (χ0n) is 15.3. The Hall–Kier alpha value is -2.34. The van der Waals surface area contributed by atoms with Gasteiger partial charge < -0.3 is 4.90 Å². The minimum absolute atomic E-state index is 0.0322. The number of sulfonamides is 1. The van der Waals surface area contributed by atoms with Gasteiger partial charge in [0.15, 0.2) is 0 Å². The van der Waals surface area contributed by atoms with Crippen molar-refractivity contribution in [3.05, 3.63) is 53.6 Å². The molecule has 5 nitrogen and oxygen atoms in total. The lowest BCUT2D eigenvalue weighted by Gasteiger charge is -2.29. The van der Waals surface area contributed by atoms with Gasteiger partial charge in [-0.15, -0.1) is 0 Å². The molecule has 1 aliphatic heterocycles. The van der Waals surface area contributed by atoms with Crippen molar-refractivity contribution in [1.82, 2.24) is 0 Å². The summed E-state index contributed by atoms with van der Waals surface area (Å²) >= 11 is 0. The molecule has 1 N–H and O–H groups in total. The van der Waals surface area contributed by atoms with Crippen LogP contribution in [0.1, 0.15) is 44.2 Å². The SMILES string of the molecule is CC(=O)N1CCCc2ccc(NS(=O)(=O)c3ccc(C(C)C)cc3)cc21. The van der Waals surface area contributed by atoms with E-state index in [1.54, 1.807) is 29.2 Å². The van der Waals surface area contributed by atoms with Crippen molar-refractivity contribution >= 4 is 27.3 Å². The largest absolute Gasteiger partial charge is 0.312 e. The minimum Gasteiger partial charge on any atom is -0.312 e. The van der Waals surface area contributed by atoms with E-state index in [1.807, 2.05) is 18.2 Å². The number of carbonyl (C=O) groups excluding carboxylic acids is 1. The van der Waals surface area contributed by atoms with Crippen LogP contribution in [0.5, 0.6) is 0 Å². The van der Waals surface area contributed by atoms with Crippen molar-refractivity contribution in [2.45, 2.75) is 44.4 Å². The summed E-state index contributed by atoms with van der Waals surface area (Å²) in [6.45, 7) is 6.32. The van der Waals surface area contributed by atoms with Gasteiger partial charge >= 0.3 is 0 Å². The third kappa shape index (κ3) is 3.75. The van der Waals surface area contributed by atoms with E-state index in [9.17, 15) is 13.2 Å². The molecule has 0 spiro atoms. The monoisotopic (exact) mass is 372 g/mol. The van der Waals surface area contributed by atoms with Gasteiger partial charge in [-0.3, -0.25) is 9.52 Å². The van der Waals surface area contributed by atoms with Crippen molar-refractivity contribution in [2.24, 2.45) is 0 Å². The van der Waals surface area contributed by atoms with Crippen LogP contribution in [0.25, 0.3) is 0 Å². The quantitative estimate of drug-likeness (QED) is 0.885. The number of anilines is 2. The number of benzene rings is 2. The lowest BCUT2D eigenvalue weighted by molar-refractivity contribution is -0.116. The number of nitrogens with one attached hydrogen (secondary N) is 1. The third-order valence-corrected chi connectivity index (χ3v) is 6.09. The lowest BCUT2D eigenvalue weighted by atomic mass is 10.0. The fraction of sp³-hybridized carbons (Fsp3) is 0.350. The van der Waals surface area contributed by atoms with Crippen LogP contribution in [0.2, 0.25) is 0 Å². The van der Waals surface area contributed by atoms with Crippen LogP contribution in [0, 0.1) is 0 Å². The fourth-order valence-corrected chi connectivity index (χ4v) is 4.26. The summed E-state index contributed by atoms with van der Waals surface area (Å²) in [6, 6.07) is 12.3. The van der Waals surface area contributed by atoms with E-state index in [0.29, 0.717) is 18.2 Å².